The van der Waals surface area contributed by atoms with Crippen molar-refractivity contribution >= 4 is 6.34 Å². The molecule has 2 heterocycles. The maximum absolute atomic E-state index is 12.9. The average Bonchev–Trinajstić information content (AvgIpc) is 2.89. The molecule has 23 heavy (non-hydrogen) atoms. The van der Waals surface area contributed by atoms with Crippen molar-refractivity contribution in [3.8, 4) is 11.4 Å². The van der Waals surface area contributed by atoms with Crippen LogP contribution >= 0.6 is 0 Å². The molecule has 0 radical (unpaired) electrons. The van der Waals surface area contributed by atoms with Crippen LogP contribution < -0.4 is 5.32 Å². The zero-order valence-corrected chi connectivity index (χ0v) is 12.1. The van der Waals surface area contributed by atoms with Crippen LogP contribution in [0.3, 0.4) is 0 Å². The van der Waals surface area contributed by atoms with Gasteiger partial charge in [0.2, 0.25) is 0 Å². The van der Waals surface area contributed by atoms with Crippen molar-refractivity contribution in [3.05, 3.63) is 41.7 Å². The molecule has 2 N–H and O–H groups in total. The second kappa shape index (κ2) is 6.04. The van der Waals surface area contributed by atoms with E-state index in [-0.39, 0.29) is 11.9 Å². The molecular formula is C15H15F3N4O. The Labute approximate surface area is 130 Å². The minimum atomic E-state index is -4.47. The Morgan fingerprint density at radius 3 is 2.52 bits per heavy atom. The normalized spacial score (nSPS) is 15.3. The standard InChI is InChI=1S/C15H15F3N4O/c16-15(17,18)13-6-22(12-7-23-8-12)14(21-13)11-3-1-10(2-4-11)5-20-9-19/h1-4,6,9,12H,5,7-8H2,(H2,19,20). The summed E-state index contributed by atoms with van der Waals surface area (Å²) in [5.74, 6) is 0.289. The summed E-state index contributed by atoms with van der Waals surface area (Å²) < 4.78 is 45.5. The summed E-state index contributed by atoms with van der Waals surface area (Å²) in [6, 6.07) is 6.96. The number of imidazole rings is 1. The molecule has 0 amide bonds. The smallest absolute Gasteiger partial charge is 0.377 e. The number of nitrogens with one attached hydrogen (secondary N) is 2. The van der Waals surface area contributed by atoms with Crippen LogP contribution in [0.5, 0.6) is 0 Å². The third-order valence-corrected chi connectivity index (χ3v) is 3.66. The molecule has 2 aromatic rings. The fraction of sp³-hybridized carbons (Fsp3) is 0.333. The molecule has 0 spiro atoms. The highest BCUT2D eigenvalue weighted by atomic mass is 19.4. The molecule has 1 fully saturated rings. The number of aromatic nitrogens is 2. The minimum absolute atomic E-state index is 0.118. The molecule has 0 saturated carbocycles. The number of nitrogens with zero attached hydrogens (tertiary/aromatic N) is 2. The van der Waals surface area contributed by atoms with Crippen molar-refractivity contribution in [2.45, 2.75) is 18.8 Å². The monoisotopic (exact) mass is 324 g/mol. The first-order valence-corrected chi connectivity index (χ1v) is 7.04. The topological polar surface area (TPSA) is 62.9 Å². The molecule has 0 bridgehead atoms. The number of benzene rings is 1. The van der Waals surface area contributed by atoms with Gasteiger partial charge in [0.05, 0.1) is 25.6 Å². The number of rotatable bonds is 5. The van der Waals surface area contributed by atoms with Crippen molar-refractivity contribution in [1.82, 2.24) is 14.9 Å². The lowest BCUT2D eigenvalue weighted by Crippen LogP contribution is -2.30. The van der Waals surface area contributed by atoms with Gasteiger partial charge in [-0.15, -0.1) is 0 Å². The van der Waals surface area contributed by atoms with Gasteiger partial charge in [-0.3, -0.25) is 5.41 Å². The van der Waals surface area contributed by atoms with Gasteiger partial charge in [-0.05, 0) is 5.56 Å². The van der Waals surface area contributed by atoms with Crippen molar-refractivity contribution in [3.63, 3.8) is 0 Å². The van der Waals surface area contributed by atoms with Gasteiger partial charge in [-0.2, -0.15) is 13.2 Å². The molecule has 5 nitrogen and oxygen atoms in total. The Morgan fingerprint density at radius 1 is 1.30 bits per heavy atom. The Hall–Kier alpha value is -2.35. The van der Waals surface area contributed by atoms with Gasteiger partial charge in [-0.25, -0.2) is 4.98 Å². The van der Waals surface area contributed by atoms with Crippen LogP contribution in [0.1, 0.15) is 17.3 Å². The van der Waals surface area contributed by atoms with Crippen LogP contribution in [-0.2, 0) is 17.5 Å². The van der Waals surface area contributed by atoms with Gasteiger partial charge < -0.3 is 14.6 Å². The number of hydrogen-bond donors (Lipinski definition) is 2. The van der Waals surface area contributed by atoms with E-state index in [9.17, 15) is 13.2 Å². The van der Waals surface area contributed by atoms with Crippen LogP contribution in [0.4, 0.5) is 13.2 Å². The fourth-order valence-electron chi connectivity index (χ4n) is 2.35. The summed E-state index contributed by atoms with van der Waals surface area (Å²) in [4.78, 5) is 3.78. The maximum Gasteiger partial charge on any atom is 0.434 e. The van der Waals surface area contributed by atoms with Crippen LogP contribution in [0.15, 0.2) is 30.5 Å². The lowest BCUT2D eigenvalue weighted by atomic mass is 10.1. The molecule has 8 heteroatoms. The van der Waals surface area contributed by atoms with E-state index in [0.717, 1.165) is 18.1 Å². The zero-order chi connectivity index (χ0) is 16.4. The Kier molecular flexibility index (Phi) is 4.08. The first kappa shape index (κ1) is 15.5. The molecule has 1 aliphatic rings. The summed E-state index contributed by atoms with van der Waals surface area (Å²) >= 11 is 0. The van der Waals surface area contributed by atoms with Crippen molar-refractivity contribution < 1.29 is 17.9 Å². The molecule has 0 atom stereocenters. The SMILES string of the molecule is N=CNCc1ccc(-c2nc(C(F)(F)F)cn2C2COC2)cc1. The van der Waals surface area contributed by atoms with E-state index in [2.05, 4.69) is 10.3 Å². The Morgan fingerprint density at radius 2 is 2.00 bits per heavy atom. The number of alkyl halides is 3. The molecule has 1 saturated heterocycles. The van der Waals surface area contributed by atoms with Crippen molar-refractivity contribution in [2.24, 2.45) is 0 Å². The van der Waals surface area contributed by atoms with E-state index in [1.54, 1.807) is 24.3 Å². The minimum Gasteiger partial charge on any atom is -0.377 e. The van der Waals surface area contributed by atoms with Crippen molar-refractivity contribution in [1.29, 1.82) is 5.41 Å². The molecule has 1 aromatic carbocycles. The summed E-state index contributed by atoms with van der Waals surface area (Å²) in [6.45, 7) is 1.27. The van der Waals surface area contributed by atoms with Gasteiger partial charge in [-0.1, -0.05) is 24.3 Å². The quantitative estimate of drug-likeness (QED) is 0.657. The molecular weight excluding hydrogens is 309 g/mol. The second-order valence-electron chi connectivity index (χ2n) is 5.27. The summed E-state index contributed by atoms with van der Waals surface area (Å²) in [6.07, 6.45) is -2.34. The Balaban J connectivity index is 1.94. The lowest BCUT2D eigenvalue weighted by molar-refractivity contribution is -0.141. The first-order chi connectivity index (χ1) is 11.0. The number of ether oxygens (including phenoxy) is 1. The lowest BCUT2D eigenvalue weighted by Gasteiger charge is -2.28. The van der Waals surface area contributed by atoms with E-state index in [0.29, 0.717) is 25.3 Å². The number of halogens is 3. The summed E-state index contributed by atoms with van der Waals surface area (Å²) in [7, 11) is 0. The Bertz CT molecular complexity index is 690. The number of hydrogen-bond acceptors (Lipinski definition) is 3. The fourth-order valence-corrected chi connectivity index (χ4v) is 2.35. The van der Waals surface area contributed by atoms with E-state index < -0.39 is 11.9 Å². The molecule has 3 rings (SSSR count). The summed E-state index contributed by atoms with van der Waals surface area (Å²) in [5.41, 5.74) is 0.651. The van der Waals surface area contributed by atoms with Gasteiger partial charge in [0.25, 0.3) is 0 Å². The average molecular weight is 324 g/mol. The third-order valence-electron chi connectivity index (χ3n) is 3.66. The van der Waals surface area contributed by atoms with Gasteiger partial charge in [0.15, 0.2) is 5.69 Å². The highest BCUT2D eigenvalue weighted by Crippen LogP contribution is 2.34. The van der Waals surface area contributed by atoms with E-state index in [1.807, 2.05) is 0 Å². The molecule has 1 aliphatic heterocycles. The van der Waals surface area contributed by atoms with E-state index >= 15 is 0 Å². The highest BCUT2D eigenvalue weighted by Gasteiger charge is 2.36. The van der Waals surface area contributed by atoms with Crippen LogP contribution in [0.2, 0.25) is 0 Å². The molecule has 0 aliphatic carbocycles. The van der Waals surface area contributed by atoms with E-state index in [1.165, 1.54) is 4.57 Å². The van der Waals surface area contributed by atoms with Gasteiger partial charge in [0, 0.05) is 18.3 Å². The van der Waals surface area contributed by atoms with Gasteiger partial charge >= 0.3 is 6.18 Å². The molecule has 0 unspecified atom stereocenters. The third kappa shape index (κ3) is 3.21. The van der Waals surface area contributed by atoms with Crippen LogP contribution in [0, 0.1) is 5.41 Å². The maximum atomic E-state index is 12.9. The highest BCUT2D eigenvalue weighted by molar-refractivity contribution is 5.57. The molecule has 1 aromatic heterocycles. The van der Waals surface area contributed by atoms with Crippen LogP contribution in [0.25, 0.3) is 11.4 Å². The largest absolute Gasteiger partial charge is 0.434 e. The van der Waals surface area contributed by atoms with Gasteiger partial charge in [0.1, 0.15) is 5.82 Å². The van der Waals surface area contributed by atoms with Crippen molar-refractivity contribution in [2.75, 3.05) is 13.2 Å². The molecule has 122 valence electrons. The van der Waals surface area contributed by atoms with E-state index in [4.69, 9.17) is 10.1 Å². The first-order valence-electron chi connectivity index (χ1n) is 7.04. The predicted octanol–water partition coefficient (Wildman–Crippen LogP) is 2.84. The zero-order valence-electron chi connectivity index (χ0n) is 12.1. The second-order valence-corrected chi connectivity index (χ2v) is 5.27. The summed E-state index contributed by atoms with van der Waals surface area (Å²) in [5, 5.41) is 9.68. The van der Waals surface area contributed by atoms with Crippen LogP contribution in [-0.4, -0.2) is 29.1 Å². The predicted molar refractivity (Wildman–Crippen MR) is 78.1 cm³/mol.